The molecule has 2 aromatic rings. The van der Waals surface area contributed by atoms with Gasteiger partial charge in [-0.15, -0.1) is 11.3 Å². The summed E-state index contributed by atoms with van der Waals surface area (Å²) >= 11 is 1.65. The summed E-state index contributed by atoms with van der Waals surface area (Å²) in [5.74, 6) is 0.623. The van der Waals surface area contributed by atoms with Gasteiger partial charge in [0.15, 0.2) is 0 Å². The van der Waals surface area contributed by atoms with Gasteiger partial charge in [-0.3, -0.25) is 0 Å². The number of hydrogen-bond acceptors (Lipinski definition) is 5. The molecule has 0 spiro atoms. The number of pyridine rings is 1. The third-order valence-corrected chi connectivity index (χ3v) is 3.61. The Kier molecular flexibility index (Phi) is 3.58. The van der Waals surface area contributed by atoms with E-state index in [1.54, 1.807) is 17.4 Å². The van der Waals surface area contributed by atoms with E-state index in [2.05, 4.69) is 21.4 Å². The van der Waals surface area contributed by atoms with Gasteiger partial charge in [0.25, 0.3) is 0 Å². The van der Waals surface area contributed by atoms with Gasteiger partial charge in [0, 0.05) is 16.8 Å². The maximum Gasteiger partial charge on any atom is 0.144 e. The van der Waals surface area contributed by atoms with E-state index < -0.39 is 0 Å². The number of aromatic nitrogens is 2. The molecule has 1 unspecified atom stereocenters. The summed E-state index contributed by atoms with van der Waals surface area (Å²) in [5.41, 5.74) is 1.44. The lowest BCUT2D eigenvalue weighted by Gasteiger charge is -2.13. The first-order chi connectivity index (χ1) is 8.60. The third-order valence-electron chi connectivity index (χ3n) is 2.52. The smallest absolute Gasteiger partial charge is 0.144 e. The summed E-state index contributed by atoms with van der Waals surface area (Å²) in [6.07, 6.45) is 1.85. The highest BCUT2D eigenvalue weighted by Gasteiger charge is 2.12. The van der Waals surface area contributed by atoms with Crippen molar-refractivity contribution < 1.29 is 0 Å². The fraction of sp³-hybridized carbons (Fsp3) is 0.308. The highest BCUT2D eigenvalue weighted by Crippen LogP contribution is 2.24. The molecule has 0 aliphatic carbocycles. The zero-order valence-electron chi connectivity index (χ0n) is 10.6. The van der Waals surface area contributed by atoms with Crippen molar-refractivity contribution in [2.45, 2.75) is 26.8 Å². The van der Waals surface area contributed by atoms with Crippen LogP contribution >= 0.6 is 11.3 Å². The molecule has 92 valence electrons. The molecule has 0 saturated heterocycles. The Bertz CT molecular complexity index is 597. The average molecular weight is 258 g/mol. The average Bonchev–Trinajstić information content (AvgIpc) is 2.76. The molecule has 18 heavy (non-hydrogen) atoms. The fourth-order valence-corrected chi connectivity index (χ4v) is 2.37. The minimum absolute atomic E-state index is 0.0464. The minimum atomic E-state index is 0.0464. The molecule has 2 aromatic heterocycles. The van der Waals surface area contributed by atoms with E-state index in [0.717, 1.165) is 10.7 Å². The van der Waals surface area contributed by atoms with Crippen molar-refractivity contribution in [3.05, 3.63) is 39.5 Å². The predicted molar refractivity (Wildman–Crippen MR) is 72.6 cm³/mol. The van der Waals surface area contributed by atoms with Crippen molar-refractivity contribution in [2.75, 3.05) is 5.32 Å². The van der Waals surface area contributed by atoms with Gasteiger partial charge in [-0.05, 0) is 32.9 Å². The number of rotatable bonds is 3. The zero-order valence-corrected chi connectivity index (χ0v) is 11.4. The fourth-order valence-electron chi connectivity index (χ4n) is 1.60. The molecular weight excluding hydrogens is 244 g/mol. The summed E-state index contributed by atoms with van der Waals surface area (Å²) in [6, 6.07) is 5.81. The van der Waals surface area contributed by atoms with Crippen molar-refractivity contribution in [1.82, 2.24) is 9.97 Å². The predicted octanol–water partition coefficient (Wildman–Crippen LogP) is 3.20. The first-order valence-electron chi connectivity index (χ1n) is 5.66. The van der Waals surface area contributed by atoms with E-state index in [0.29, 0.717) is 11.4 Å². The van der Waals surface area contributed by atoms with E-state index in [9.17, 15) is 0 Å². The molecule has 2 heterocycles. The first kappa shape index (κ1) is 12.5. The Hall–Kier alpha value is -1.93. The Morgan fingerprint density at radius 3 is 2.78 bits per heavy atom. The molecule has 0 saturated carbocycles. The number of aryl methyl sites for hydroxylation is 2. The normalized spacial score (nSPS) is 11.9. The first-order valence-corrected chi connectivity index (χ1v) is 6.48. The lowest BCUT2D eigenvalue weighted by Crippen LogP contribution is -2.09. The van der Waals surface area contributed by atoms with Crippen molar-refractivity contribution in [1.29, 1.82) is 5.26 Å². The number of nitrogens with zero attached hydrogens (tertiary/aromatic N) is 3. The van der Waals surface area contributed by atoms with Crippen LogP contribution in [-0.4, -0.2) is 9.97 Å². The number of hydrogen-bond donors (Lipinski definition) is 1. The Morgan fingerprint density at radius 1 is 1.39 bits per heavy atom. The van der Waals surface area contributed by atoms with Gasteiger partial charge in [0.2, 0.25) is 0 Å². The minimum Gasteiger partial charge on any atom is -0.360 e. The third kappa shape index (κ3) is 2.66. The molecule has 0 aliphatic heterocycles. The van der Waals surface area contributed by atoms with Gasteiger partial charge in [0.1, 0.15) is 16.9 Å². The van der Waals surface area contributed by atoms with E-state index in [1.165, 1.54) is 4.88 Å². The standard InChI is InChI=1S/C13H14N4S/c1-8-4-5-11(6-14)12(16-8)17-10(3)13-15-7-9(2)18-13/h4-5,7,10H,1-3H3,(H,16,17). The largest absolute Gasteiger partial charge is 0.360 e. The zero-order chi connectivity index (χ0) is 13.1. The summed E-state index contributed by atoms with van der Waals surface area (Å²) in [6.45, 7) is 5.95. The Morgan fingerprint density at radius 2 is 2.17 bits per heavy atom. The van der Waals surface area contributed by atoms with Gasteiger partial charge in [-0.25, -0.2) is 9.97 Å². The topological polar surface area (TPSA) is 61.6 Å². The molecule has 0 bridgehead atoms. The summed E-state index contributed by atoms with van der Waals surface area (Å²) in [4.78, 5) is 9.87. The van der Waals surface area contributed by atoms with Crippen molar-refractivity contribution in [2.24, 2.45) is 0 Å². The van der Waals surface area contributed by atoms with Crippen LogP contribution in [0.25, 0.3) is 0 Å². The highest BCUT2D eigenvalue weighted by atomic mass is 32.1. The quantitative estimate of drug-likeness (QED) is 0.918. The van der Waals surface area contributed by atoms with Crippen molar-refractivity contribution >= 4 is 17.2 Å². The molecule has 5 heteroatoms. The van der Waals surface area contributed by atoms with Crippen LogP contribution in [-0.2, 0) is 0 Å². The monoisotopic (exact) mass is 258 g/mol. The van der Waals surface area contributed by atoms with Gasteiger partial charge in [0.05, 0.1) is 11.6 Å². The maximum absolute atomic E-state index is 9.05. The molecular formula is C13H14N4S. The summed E-state index contributed by atoms with van der Waals surface area (Å²) < 4.78 is 0. The van der Waals surface area contributed by atoms with Crippen LogP contribution < -0.4 is 5.32 Å². The van der Waals surface area contributed by atoms with E-state index >= 15 is 0 Å². The lowest BCUT2D eigenvalue weighted by molar-refractivity contribution is 0.857. The van der Waals surface area contributed by atoms with Gasteiger partial charge < -0.3 is 5.32 Å². The van der Waals surface area contributed by atoms with Crippen molar-refractivity contribution in [3.63, 3.8) is 0 Å². The van der Waals surface area contributed by atoms with E-state index in [1.807, 2.05) is 33.0 Å². The molecule has 0 amide bonds. The summed E-state index contributed by atoms with van der Waals surface area (Å²) in [7, 11) is 0. The van der Waals surface area contributed by atoms with Crippen molar-refractivity contribution in [3.8, 4) is 6.07 Å². The molecule has 0 fully saturated rings. The SMILES string of the molecule is Cc1ccc(C#N)c(NC(C)c2ncc(C)s2)n1. The van der Waals surface area contributed by atoms with Crippen LogP contribution in [0.3, 0.4) is 0 Å². The second-order valence-corrected chi connectivity index (χ2v) is 5.40. The number of nitrogens with one attached hydrogen (secondary N) is 1. The number of anilines is 1. The molecule has 1 atom stereocenters. The summed E-state index contributed by atoms with van der Waals surface area (Å²) in [5, 5.41) is 13.3. The van der Waals surface area contributed by atoms with Crippen LogP contribution in [0.15, 0.2) is 18.3 Å². The highest BCUT2D eigenvalue weighted by molar-refractivity contribution is 7.11. The molecule has 2 rings (SSSR count). The Balaban J connectivity index is 2.24. The van der Waals surface area contributed by atoms with Crippen LogP contribution in [0, 0.1) is 25.2 Å². The molecule has 0 radical (unpaired) electrons. The van der Waals surface area contributed by atoms with Crippen LogP contribution in [0.1, 0.15) is 34.1 Å². The van der Waals surface area contributed by atoms with Crippen LogP contribution in [0.2, 0.25) is 0 Å². The second kappa shape index (κ2) is 5.15. The second-order valence-electron chi connectivity index (χ2n) is 4.14. The van der Waals surface area contributed by atoms with E-state index in [4.69, 9.17) is 5.26 Å². The van der Waals surface area contributed by atoms with Gasteiger partial charge in [-0.2, -0.15) is 5.26 Å². The lowest BCUT2D eigenvalue weighted by atomic mass is 10.2. The maximum atomic E-state index is 9.05. The molecule has 0 aliphatic rings. The van der Waals surface area contributed by atoms with E-state index in [-0.39, 0.29) is 6.04 Å². The van der Waals surface area contributed by atoms with Crippen LogP contribution in [0.5, 0.6) is 0 Å². The van der Waals surface area contributed by atoms with Gasteiger partial charge in [-0.1, -0.05) is 0 Å². The number of nitriles is 1. The Labute approximate surface area is 110 Å². The number of thiazole rings is 1. The molecule has 0 aromatic carbocycles. The van der Waals surface area contributed by atoms with Gasteiger partial charge >= 0.3 is 0 Å². The molecule has 1 N–H and O–H groups in total. The molecule has 4 nitrogen and oxygen atoms in total. The van der Waals surface area contributed by atoms with Crippen LogP contribution in [0.4, 0.5) is 5.82 Å².